The predicted molar refractivity (Wildman–Crippen MR) is 137 cm³/mol. The molecule has 0 spiro atoms. The third-order valence-corrected chi connectivity index (χ3v) is 6.14. The van der Waals surface area contributed by atoms with Gasteiger partial charge in [-0.25, -0.2) is 4.39 Å². The van der Waals surface area contributed by atoms with Crippen molar-refractivity contribution >= 4 is 17.6 Å². The van der Waals surface area contributed by atoms with Crippen molar-refractivity contribution in [1.82, 2.24) is 0 Å². The maximum Gasteiger partial charge on any atom is 0.321 e. The van der Waals surface area contributed by atoms with E-state index < -0.39 is 42.6 Å². The molecule has 0 unspecified atom stereocenters. The van der Waals surface area contributed by atoms with E-state index >= 15 is 4.39 Å². The molecule has 196 valence electrons. The van der Waals surface area contributed by atoms with Crippen molar-refractivity contribution in [2.45, 2.75) is 50.6 Å². The molecule has 0 aromatic heterocycles. The van der Waals surface area contributed by atoms with Gasteiger partial charge in [-0.05, 0) is 16.7 Å². The van der Waals surface area contributed by atoms with Gasteiger partial charge in [0, 0.05) is 0 Å². The average Bonchev–Trinajstić information content (AvgIpc) is 2.94. The van der Waals surface area contributed by atoms with E-state index in [1.165, 1.54) is 0 Å². The molecule has 1 aliphatic heterocycles. The van der Waals surface area contributed by atoms with Crippen LogP contribution in [-0.2, 0) is 48.3 Å². The fraction of sp³-hybridized carbons (Fsp3) is 0.345. The summed E-state index contributed by atoms with van der Waals surface area (Å²) < 4.78 is 44.6. The normalized spacial score (nSPS) is 23.5. The lowest BCUT2D eigenvalue weighted by Gasteiger charge is -2.43. The molecule has 3 aromatic carbocycles. The highest BCUT2D eigenvalue weighted by Gasteiger charge is 2.50. The van der Waals surface area contributed by atoms with Crippen molar-refractivity contribution < 1.29 is 32.9 Å². The van der Waals surface area contributed by atoms with Crippen LogP contribution in [0.3, 0.4) is 0 Å². The van der Waals surface area contributed by atoms with Crippen LogP contribution in [0.15, 0.2) is 91.0 Å². The van der Waals surface area contributed by atoms with Gasteiger partial charge in [-0.2, -0.15) is 0 Å². The fourth-order valence-corrected chi connectivity index (χ4v) is 4.16. The zero-order valence-electron chi connectivity index (χ0n) is 20.3. The summed E-state index contributed by atoms with van der Waals surface area (Å²) in [7, 11) is 0. The van der Waals surface area contributed by atoms with Crippen LogP contribution in [0, 0.1) is 0 Å². The summed E-state index contributed by atoms with van der Waals surface area (Å²) in [4.78, 5) is 12.0. The van der Waals surface area contributed by atoms with E-state index in [0.29, 0.717) is 6.61 Å². The van der Waals surface area contributed by atoms with Gasteiger partial charge in [-0.1, -0.05) is 91.0 Å². The summed E-state index contributed by atoms with van der Waals surface area (Å²) >= 11 is 5.64. The SMILES string of the molecule is O=C(CCl)O[C@@H]1[C@@H](OCc2ccccc2)[C@@H](OCc2ccccc2)[C@@H](COCc2ccccc2)O[C@H]1F. The Morgan fingerprint density at radius 3 is 1.73 bits per heavy atom. The number of esters is 1. The number of hydrogen-bond donors (Lipinski definition) is 0. The van der Waals surface area contributed by atoms with Gasteiger partial charge in [0.05, 0.1) is 26.4 Å². The first-order valence-electron chi connectivity index (χ1n) is 12.1. The second-order valence-electron chi connectivity index (χ2n) is 8.64. The number of rotatable bonds is 12. The number of ether oxygens (including phenoxy) is 5. The first-order valence-corrected chi connectivity index (χ1v) is 12.6. The Bertz CT molecular complexity index is 1070. The van der Waals surface area contributed by atoms with Crippen LogP contribution in [-0.4, -0.2) is 49.2 Å². The van der Waals surface area contributed by atoms with Crippen molar-refractivity contribution in [2.75, 3.05) is 12.5 Å². The highest BCUT2D eigenvalue weighted by atomic mass is 35.5. The Morgan fingerprint density at radius 1 is 0.730 bits per heavy atom. The molecule has 1 saturated heterocycles. The van der Waals surface area contributed by atoms with Crippen LogP contribution >= 0.6 is 11.6 Å². The predicted octanol–water partition coefficient (Wildman–Crippen LogP) is 5.22. The van der Waals surface area contributed by atoms with Crippen molar-refractivity contribution in [3.63, 3.8) is 0 Å². The first-order chi connectivity index (χ1) is 18.1. The topological polar surface area (TPSA) is 63.2 Å². The average molecular weight is 529 g/mol. The highest BCUT2D eigenvalue weighted by Crippen LogP contribution is 2.31. The third kappa shape index (κ3) is 8.09. The monoisotopic (exact) mass is 528 g/mol. The summed E-state index contributed by atoms with van der Waals surface area (Å²) in [5.41, 5.74) is 2.78. The largest absolute Gasteiger partial charge is 0.453 e. The Labute approximate surface area is 221 Å². The van der Waals surface area contributed by atoms with E-state index in [2.05, 4.69) is 0 Å². The summed E-state index contributed by atoms with van der Waals surface area (Å²) in [6, 6.07) is 28.7. The quantitative estimate of drug-likeness (QED) is 0.237. The van der Waals surface area contributed by atoms with Crippen molar-refractivity contribution in [3.8, 4) is 0 Å². The molecule has 37 heavy (non-hydrogen) atoms. The molecule has 1 fully saturated rings. The smallest absolute Gasteiger partial charge is 0.321 e. The van der Waals surface area contributed by atoms with Gasteiger partial charge in [0.25, 0.3) is 0 Å². The third-order valence-electron chi connectivity index (χ3n) is 5.92. The first kappa shape index (κ1) is 27.2. The molecular formula is C29H30ClFO6. The van der Waals surface area contributed by atoms with Crippen LogP contribution in [0.4, 0.5) is 4.39 Å². The van der Waals surface area contributed by atoms with Gasteiger partial charge in [0.1, 0.15) is 24.2 Å². The molecule has 0 amide bonds. The van der Waals surface area contributed by atoms with E-state index in [-0.39, 0.29) is 19.8 Å². The van der Waals surface area contributed by atoms with Crippen molar-refractivity contribution in [3.05, 3.63) is 108 Å². The van der Waals surface area contributed by atoms with Gasteiger partial charge >= 0.3 is 5.97 Å². The molecule has 5 atom stereocenters. The number of carbonyl (C=O) groups is 1. The molecule has 0 aliphatic carbocycles. The lowest BCUT2D eigenvalue weighted by Crippen LogP contribution is -2.60. The zero-order chi connectivity index (χ0) is 25.9. The molecule has 0 radical (unpaired) electrons. The molecule has 8 heteroatoms. The minimum Gasteiger partial charge on any atom is -0.453 e. The maximum absolute atomic E-state index is 15.3. The Kier molecular flexibility index (Phi) is 10.5. The molecule has 3 aromatic rings. The standard InChI is InChI=1S/C29H30ClFO6/c30-16-25(32)37-28-27(35-19-23-14-8-3-9-15-23)26(34-18-22-12-6-2-7-13-22)24(36-29(28)31)20-33-17-21-10-4-1-5-11-21/h1-15,24,26-29H,16-20H2/t24-,26+,27+,28-,29-/m1/s1. The van der Waals surface area contributed by atoms with E-state index in [9.17, 15) is 4.79 Å². The molecule has 4 rings (SSSR count). The van der Waals surface area contributed by atoms with Gasteiger partial charge in [0.15, 0.2) is 6.10 Å². The van der Waals surface area contributed by atoms with Gasteiger partial charge in [0.2, 0.25) is 6.36 Å². The minimum absolute atomic E-state index is 0.0517. The van der Waals surface area contributed by atoms with E-state index in [1.54, 1.807) is 0 Å². The maximum atomic E-state index is 15.3. The number of alkyl halides is 2. The molecular weight excluding hydrogens is 499 g/mol. The van der Waals surface area contributed by atoms with Crippen LogP contribution in [0.25, 0.3) is 0 Å². The van der Waals surface area contributed by atoms with Gasteiger partial charge < -0.3 is 23.7 Å². The van der Waals surface area contributed by atoms with Crippen LogP contribution < -0.4 is 0 Å². The Hall–Kier alpha value is -2.81. The van der Waals surface area contributed by atoms with Gasteiger partial charge in [-0.3, -0.25) is 4.79 Å². The van der Waals surface area contributed by atoms with Crippen LogP contribution in [0.1, 0.15) is 16.7 Å². The number of benzene rings is 3. The molecule has 0 bridgehead atoms. The highest BCUT2D eigenvalue weighted by molar-refractivity contribution is 6.26. The summed E-state index contributed by atoms with van der Waals surface area (Å²) in [6.45, 7) is 0.762. The number of hydrogen-bond acceptors (Lipinski definition) is 6. The number of halogens is 2. The van der Waals surface area contributed by atoms with E-state index in [4.69, 9.17) is 35.3 Å². The van der Waals surface area contributed by atoms with E-state index in [0.717, 1.165) is 16.7 Å². The summed E-state index contributed by atoms with van der Waals surface area (Å²) in [5.74, 6) is -1.19. The molecule has 0 saturated carbocycles. The molecule has 6 nitrogen and oxygen atoms in total. The summed E-state index contributed by atoms with van der Waals surface area (Å²) in [5, 5.41) is 0. The molecule has 0 N–H and O–H groups in total. The lowest BCUT2D eigenvalue weighted by atomic mass is 9.98. The Balaban J connectivity index is 1.54. The number of carbonyl (C=O) groups excluding carboxylic acids is 1. The van der Waals surface area contributed by atoms with Crippen molar-refractivity contribution in [1.29, 1.82) is 0 Å². The van der Waals surface area contributed by atoms with E-state index in [1.807, 2.05) is 91.0 Å². The fourth-order valence-electron chi connectivity index (χ4n) is 4.10. The van der Waals surface area contributed by atoms with Gasteiger partial charge in [-0.15, -0.1) is 11.6 Å². The summed E-state index contributed by atoms with van der Waals surface area (Å²) in [6.07, 6.45) is -5.88. The van der Waals surface area contributed by atoms with Crippen LogP contribution in [0.5, 0.6) is 0 Å². The van der Waals surface area contributed by atoms with Crippen LogP contribution in [0.2, 0.25) is 0 Å². The molecule has 1 aliphatic rings. The second-order valence-corrected chi connectivity index (χ2v) is 8.90. The molecule has 1 heterocycles. The minimum atomic E-state index is -1.95. The zero-order valence-corrected chi connectivity index (χ0v) is 21.0. The Morgan fingerprint density at radius 2 is 1.22 bits per heavy atom. The lowest BCUT2D eigenvalue weighted by molar-refractivity contribution is -0.291. The van der Waals surface area contributed by atoms with Crippen molar-refractivity contribution in [2.24, 2.45) is 0 Å². The second kappa shape index (κ2) is 14.2.